The van der Waals surface area contributed by atoms with E-state index in [9.17, 15) is 4.79 Å². The van der Waals surface area contributed by atoms with E-state index in [1.807, 2.05) is 0 Å². The summed E-state index contributed by atoms with van der Waals surface area (Å²) in [6.07, 6.45) is 6.12. The summed E-state index contributed by atoms with van der Waals surface area (Å²) in [6, 6.07) is 10.7. The third-order valence-electron chi connectivity index (χ3n) is 6.34. The van der Waals surface area contributed by atoms with E-state index in [-0.39, 0.29) is 5.91 Å². The number of carbonyl (C=O) groups excluding carboxylic acids is 1. The fourth-order valence-electron chi connectivity index (χ4n) is 4.71. The highest BCUT2D eigenvalue weighted by atomic mass is 16.5. The molecule has 1 aromatic rings. The van der Waals surface area contributed by atoms with Crippen LogP contribution in [-0.4, -0.2) is 73.6 Å². The maximum atomic E-state index is 11.3. The number of guanidine groups is 1. The second kappa shape index (κ2) is 13.4. The van der Waals surface area contributed by atoms with Crippen LogP contribution in [0.3, 0.4) is 0 Å². The summed E-state index contributed by atoms with van der Waals surface area (Å²) >= 11 is 0. The number of piperidine rings is 2. The van der Waals surface area contributed by atoms with Gasteiger partial charge in [-0.15, -0.1) is 0 Å². The number of primary amides is 1. The molecule has 0 bridgehead atoms. The average molecular weight is 444 g/mol. The maximum Gasteiger partial charge on any atom is 0.217 e. The van der Waals surface area contributed by atoms with Gasteiger partial charge >= 0.3 is 0 Å². The lowest BCUT2D eigenvalue weighted by Gasteiger charge is -2.34. The van der Waals surface area contributed by atoms with Gasteiger partial charge in [0.1, 0.15) is 0 Å². The van der Waals surface area contributed by atoms with Crippen molar-refractivity contribution in [2.45, 2.75) is 58.1 Å². The molecular formula is C25H41N5O2. The van der Waals surface area contributed by atoms with Gasteiger partial charge in [0.25, 0.3) is 0 Å². The topological polar surface area (TPSA) is 83.2 Å². The zero-order valence-electron chi connectivity index (χ0n) is 19.7. The van der Waals surface area contributed by atoms with Crippen molar-refractivity contribution in [2.24, 2.45) is 16.6 Å². The molecule has 3 rings (SSSR count). The Balaban J connectivity index is 1.33. The molecule has 1 atom stereocenters. The van der Waals surface area contributed by atoms with Crippen molar-refractivity contribution in [2.75, 3.05) is 45.9 Å². The van der Waals surface area contributed by atoms with Gasteiger partial charge in [-0.2, -0.15) is 0 Å². The van der Waals surface area contributed by atoms with Crippen LogP contribution in [-0.2, 0) is 16.1 Å². The molecule has 2 aliphatic rings. The van der Waals surface area contributed by atoms with Crippen LogP contribution >= 0.6 is 0 Å². The van der Waals surface area contributed by atoms with E-state index in [1.54, 1.807) is 0 Å². The number of aliphatic imine (C=N–C) groups is 1. The van der Waals surface area contributed by atoms with Gasteiger partial charge in [-0.1, -0.05) is 30.3 Å². The minimum Gasteiger partial charge on any atom is -0.378 e. The molecule has 7 nitrogen and oxygen atoms in total. The van der Waals surface area contributed by atoms with E-state index in [0.29, 0.717) is 18.4 Å². The van der Waals surface area contributed by atoms with Crippen LogP contribution in [0.4, 0.5) is 0 Å². The molecule has 178 valence electrons. The predicted octanol–water partition coefficient (Wildman–Crippen LogP) is 2.61. The summed E-state index contributed by atoms with van der Waals surface area (Å²) in [5.74, 6) is 1.08. The quantitative estimate of drug-likeness (QED) is 0.330. The van der Waals surface area contributed by atoms with E-state index >= 15 is 0 Å². The molecule has 0 saturated carbocycles. The van der Waals surface area contributed by atoms with Gasteiger partial charge in [-0.3, -0.25) is 14.7 Å². The summed E-state index contributed by atoms with van der Waals surface area (Å²) in [4.78, 5) is 20.9. The first-order valence-corrected chi connectivity index (χ1v) is 12.3. The fourth-order valence-corrected chi connectivity index (χ4v) is 4.71. The van der Waals surface area contributed by atoms with Gasteiger partial charge in [-0.05, 0) is 50.5 Å². The Morgan fingerprint density at radius 2 is 1.97 bits per heavy atom. The number of nitrogens with zero attached hydrogens (tertiary/aromatic N) is 3. The first kappa shape index (κ1) is 24.5. The van der Waals surface area contributed by atoms with E-state index in [1.165, 1.54) is 5.56 Å². The number of likely N-dealkylation sites (tertiary alicyclic amines) is 2. The molecule has 1 amide bonds. The molecule has 2 aliphatic heterocycles. The third kappa shape index (κ3) is 8.43. The molecule has 3 N–H and O–H groups in total. The Morgan fingerprint density at radius 1 is 1.19 bits per heavy atom. The van der Waals surface area contributed by atoms with Crippen molar-refractivity contribution in [3.8, 4) is 0 Å². The van der Waals surface area contributed by atoms with Crippen LogP contribution in [0.1, 0.15) is 51.0 Å². The average Bonchev–Trinajstić information content (AvgIpc) is 2.80. The Kier molecular flexibility index (Phi) is 10.3. The molecule has 0 radical (unpaired) electrons. The van der Waals surface area contributed by atoms with Gasteiger partial charge < -0.3 is 20.7 Å². The van der Waals surface area contributed by atoms with E-state index in [4.69, 9.17) is 15.5 Å². The lowest BCUT2D eigenvalue weighted by atomic mass is 9.95. The number of amides is 1. The molecule has 2 fully saturated rings. The lowest BCUT2D eigenvalue weighted by Crippen LogP contribution is -2.47. The maximum absolute atomic E-state index is 11.3. The van der Waals surface area contributed by atoms with Crippen molar-refractivity contribution in [3.63, 3.8) is 0 Å². The highest BCUT2D eigenvalue weighted by Crippen LogP contribution is 2.20. The molecule has 7 heteroatoms. The van der Waals surface area contributed by atoms with Crippen LogP contribution in [0.2, 0.25) is 0 Å². The third-order valence-corrected chi connectivity index (χ3v) is 6.34. The molecule has 2 heterocycles. The number of ether oxygens (including phenoxy) is 1. The monoisotopic (exact) mass is 443 g/mol. The molecule has 1 unspecified atom stereocenters. The van der Waals surface area contributed by atoms with Crippen molar-refractivity contribution < 1.29 is 9.53 Å². The number of benzene rings is 1. The number of hydrogen-bond acceptors (Lipinski definition) is 4. The molecular weight excluding hydrogens is 402 g/mol. The van der Waals surface area contributed by atoms with Crippen LogP contribution in [0, 0.1) is 5.92 Å². The van der Waals surface area contributed by atoms with Gasteiger partial charge in [0.15, 0.2) is 5.96 Å². The Hall–Kier alpha value is -2.12. The van der Waals surface area contributed by atoms with Crippen LogP contribution < -0.4 is 11.1 Å². The number of nitrogens with two attached hydrogens (primary N) is 1. The smallest absolute Gasteiger partial charge is 0.217 e. The van der Waals surface area contributed by atoms with Crippen molar-refractivity contribution in [1.82, 2.24) is 15.1 Å². The highest BCUT2D eigenvalue weighted by molar-refractivity contribution is 5.80. The van der Waals surface area contributed by atoms with Gasteiger partial charge in [0.2, 0.25) is 5.91 Å². The Bertz CT molecular complexity index is 704. The van der Waals surface area contributed by atoms with E-state index < -0.39 is 0 Å². The summed E-state index contributed by atoms with van der Waals surface area (Å²) in [5, 5.41) is 3.40. The molecule has 32 heavy (non-hydrogen) atoms. The van der Waals surface area contributed by atoms with Crippen LogP contribution in [0.15, 0.2) is 35.3 Å². The van der Waals surface area contributed by atoms with E-state index in [2.05, 4.69) is 52.4 Å². The van der Waals surface area contributed by atoms with Gasteiger partial charge in [-0.25, -0.2) is 0 Å². The number of hydrogen-bond donors (Lipinski definition) is 2. The lowest BCUT2D eigenvalue weighted by molar-refractivity contribution is -0.119. The number of carbonyl (C=O) groups is 1. The largest absolute Gasteiger partial charge is 0.378 e. The van der Waals surface area contributed by atoms with E-state index in [0.717, 1.165) is 90.5 Å². The summed E-state index contributed by atoms with van der Waals surface area (Å²) in [7, 11) is 0. The molecule has 0 aromatic heterocycles. The van der Waals surface area contributed by atoms with Crippen molar-refractivity contribution in [3.05, 3.63) is 35.9 Å². The summed E-state index contributed by atoms with van der Waals surface area (Å²) in [6.45, 7) is 9.52. The highest BCUT2D eigenvalue weighted by Gasteiger charge is 2.23. The summed E-state index contributed by atoms with van der Waals surface area (Å²) in [5.41, 5.74) is 6.79. The standard InChI is InChI=1S/C25H41N5O2/c1-2-27-25(30-14-6-10-22(20-30)18-24(26)31)28-13-7-17-32-23-11-15-29(16-12-23)19-21-8-4-3-5-9-21/h3-5,8-9,22-23H,2,6-7,10-20H2,1H3,(H2,26,31)(H,27,28). The normalized spacial score (nSPS) is 21.0. The van der Waals surface area contributed by atoms with Gasteiger partial charge in [0, 0.05) is 58.8 Å². The summed E-state index contributed by atoms with van der Waals surface area (Å²) < 4.78 is 6.15. The predicted molar refractivity (Wildman–Crippen MR) is 129 cm³/mol. The number of nitrogens with one attached hydrogen (secondary N) is 1. The van der Waals surface area contributed by atoms with Crippen molar-refractivity contribution in [1.29, 1.82) is 0 Å². The molecule has 0 aliphatic carbocycles. The fraction of sp³-hybridized carbons (Fsp3) is 0.680. The minimum atomic E-state index is -0.207. The van der Waals surface area contributed by atoms with Crippen LogP contribution in [0.5, 0.6) is 0 Å². The molecule has 1 aromatic carbocycles. The second-order valence-corrected chi connectivity index (χ2v) is 9.05. The number of rotatable bonds is 10. The Morgan fingerprint density at radius 3 is 2.69 bits per heavy atom. The van der Waals surface area contributed by atoms with Crippen LogP contribution in [0.25, 0.3) is 0 Å². The van der Waals surface area contributed by atoms with Crippen molar-refractivity contribution >= 4 is 11.9 Å². The SMILES string of the molecule is CCNC(=NCCCOC1CCN(Cc2ccccc2)CC1)N1CCCC(CC(N)=O)C1. The Labute approximate surface area is 193 Å². The second-order valence-electron chi connectivity index (χ2n) is 9.05. The first-order chi connectivity index (χ1) is 15.6. The molecule has 0 spiro atoms. The first-order valence-electron chi connectivity index (χ1n) is 12.3. The zero-order valence-corrected chi connectivity index (χ0v) is 19.7. The van der Waals surface area contributed by atoms with Gasteiger partial charge in [0.05, 0.1) is 6.10 Å². The molecule has 2 saturated heterocycles. The minimum absolute atomic E-state index is 0.207. The zero-order chi connectivity index (χ0) is 22.6.